The number of aromatic nitrogens is 4. The lowest BCUT2D eigenvalue weighted by Gasteiger charge is -2.20. The maximum Gasteiger partial charge on any atom is 0.407 e. The van der Waals surface area contributed by atoms with Crippen LogP contribution < -0.4 is 15.4 Å². The van der Waals surface area contributed by atoms with Crippen LogP contribution in [0.1, 0.15) is 62.3 Å². The van der Waals surface area contributed by atoms with Crippen molar-refractivity contribution in [2.45, 2.75) is 58.3 Å². The average molecular weight is 573 g/mol. The number of amides is 2. The molecule has 0 bridgehead atoms. The fraction of sp³-hybridized carbons (Fsp3) is 0.370. The van der Waals surface area contributed by atoms with Crippen molar-refractivity contribution in [2.24, 2.45) is 0 Å². The number of H-pyrrole nitrogens is 1. The Balaban J connectivity index is 1.57. The molecule has 4 aromatic rings. The number of rotatable bonds is 10. The molecule has 40 heavy (non-hydrogen) atoms. The summed E-state index contributed by atoms with van der Waals surface area (Å²) in [6.45, 7) is 2.61. The number of aromatic amines is 1. The number of carbonyl (C=O) groups is 2. The predicted molar refractivity (Wildman–Crippen MR) is 147 cm³/mol. The molecule has 0 saturated heterocycles. The molecule has 2 heterocycles. The predicted octanol–water partition coefficient (Wildman–Crippen LogP) is 5.71. The number of alkyl carbamates (subject to hydrolysis) is 1. The molecule has 0 radical (unpaired) electrons. The number of alkyl halides is 2. The van der Waals surface area contributed by atoms with Crippen molar-refractivity contribution < 1.29 is 27.8 Å². The maximum atomic E-state index is 13.2. The van der Waals surface area contributed by atoms with Gasteiger partial charge in [-0.25, -0.2) is 9.78 Å². The third-order valence-corrected chi connectivity index (χ3v) is 6.05. The van der Waals surface area contributed by atoms with Crippen LogP contribution >= 0.6 is 12.2 Å². The number of nitrogens with one attached hydrogen (secondary N) is 3. The molecule has 2 aromatic heterocycles. The Bertz CT molecular complexity index is 1570. The van der Waals surface area contributed by atoms with Gasteiger partial charge in [-0.05, 0) is 76.5 Å². The second-order valence-corrected chi connectivity index (χ2v) is 10.4. The monoisotopic (exact) mass is 572 g/mol. The molecule has 3 N–H and O–H groups in total. The van der Waals surface area contributed by atoms with E-state index in [4.69, 9.17) is 21.9 Å². The van der Waals surface area contributed by atoms with E-state index in [-0.39, 0.29) is 11.3 Å². The summed E-state index contributed by atoms with van der Waals surface area (Å²) in [6.07, 6.45) is 1.02. The van der Waals surface area contributed by atoms with Crippen LogP contribution in [-0.4, -0.2) is 50.3 Å². The van der Waals surface area contributed by atoms with Gasteiger partial charge in [-0.3, -0.25) is 4.79 Å². The number of fused-ring (bicyclic) bond motifs is 3. The molecule has 0 spiro atoms. The number of hydrogen-bond donors (Lipinski definition) is 3. The van der Waals surface area contributed by atoms with Gasteiger partial charge in [0.15, 0.2) is 11.5 Å². The number of hydrogen-bond acceptors (Lipinski definition) is 7. The molecule has 13 heteroatoms. The molecule has 0 aliphatic heterocycles. The lowest BCUT2D eigenvalue weighted by atomic mass is 10.1. The molecule has 2 amide bonds. The Kier molecular flexibility index (Phi) is 8.93. The lowest BCUT2D eigenvalue weighted by Crippen LogP contribution is -2.33. The van der Waals surface area contributed by atoms with Crippen molar-refractivity contribution in [1.29, 1.82) is 0 Å². The Morgan fingerprint density at radius 1 is 1.10 bits per heavy atom. The first-order valence-electron chi connectivity index (χ1n) is 12.7. The average Bonchev–Trinajstić information content (AvgIpc) is 3.33. The summed E-state index contributed by atoms with van der Waals surface area (Å²) in [6, 6.07) is 12.5. The minimum absolute atomic E-state index is 0.0501. The fourth-order valence-electron chi connectivity index (χ4n) is 4.08. The summed E-state index contributed by atoms with van der Waals surface area (Å²) in [5, 5.41) is 10.9. The van der Waals surface area contributed by atoms with Gasteiger partial charge in [-0.2, -0.15) is 13.3 Å². The van der Waals surface area contributed by atoms with E-state index in [1.165, 1.54) is 22.7 Å². The van der Waals surface area contributed by atoms with Gasteiger partial charge >= 0.3 is 12.7 Å². The van der Waals surface area contributed by atoms with Crippen molar-refractivity contribution in [2.75, 3.05) is 6.54 Å². The first-order valence-corrected chi connectivity index (χ1v) is 13.1. The highest BCUT2D eigenvalue weighted by molar-refractivity contribution is 7.71. The van der Waals surface area contributed by atoms with Gasteiger partial charge < -0.3 is 25.1 Å². The van der Waals surface area contributed by atoms with Gasteiger partial charge in [-0.15, -0.1) is 5.10 Å². The fourth-order valence-corrected chi connectivity index (χ4v) is 4.32. The number of benzene rings is 2. The standard InChI is InChI=1S/C27H30F2N6O4S/c1-27(2,3)39-26(37)30-15-9-8-13-19(31-23(36)17-11-5-7-14-20(17)38-24(28)29)21-33-22-16-10-4-6-12-18(16)32-25(40)35(22)34-21/h4-7,10-12,14,19,24H,8-9,13,15H2,1-3H3,(H,30,37)(H,31,36)(H,32,40). The highest BCUT2D eigenvalue weighted by Gasteiger charge is 2.24. The Hall–Kier alpha value is -4.13. The zero-order valence-electron chi connectivity index (χ0n) is 22.2. The third-order valence-electron chi connectivity index (χ3n) is 5.78. The molecular formula is C27H30F2N6O4S. The van der Waals surface area contributed by atoms with Crippen LogP contribution in [0.5, 0.6) is 5.75 Å². The zero-order chi connectivity index (χ0) is 28.9. The second-order valence-electron chi connectivity index (χ2n) is 10.0. The molecule has 0 saturated carbocycles. The number of ether oxygens (including phenoxy) is 2. The number of halogens is 2. The molecule has 1 unspecified atom stereocenters. The molecule has 0 aliphatic rings. The van der Waals surface area contributed by atoms with Crippen LogP contribution in [0.3, 0.4) is 0 Å². The molecule has 4 rings (SSSR count). The minimum Gasteiger partial charge on any atom is -0.444 e. The lowest BCUT2D eigenvalue weighted by molar-refractivity contribution is -0.0501. The van der Waals surface area contributed by atoms with Crippen molar-refractivity contribution in [3.63, 3.8) is 0 Å². The molecule has 0 fully saturated rings. The van der Waals surface area contributed by atoms with Gasteiger partial charge in [-0.1, -0.05) is 24.3 Å². The number of carbonyl (C=O) groups excluding carboxylic acids is 2. The topological polar surface area (TPSA) is 123 Å². The molecule has 0 aliphatic carbocycles. The van der Waals surface area contributed by atoms with E-state index in [1.807, 2.05) is 24.3 Å². The molecule has 10 nitrogen and oxygen atoms in total. The number of para-hydroxylation sites is 2. The summed E-state index contributed by atoms with van der Waals surface area (Å²) >= 11 is 5.46. The summed E-state index contributed by atoms with van der Waals surface area (Å²) in [5.74, 6) is -0.565. The van der Waals surface area contributed by atoms with Crippen LogP contribution in [0.2, 0.25) is 0 Å². The van der Waals surface area contributed by atoms with Crippen molar-refractivity contribution in [3.05, 3.63) is 64.7 Å². The number of nitrogens with zero attached hydrogens (tertiary/aromatic N) is 3. The van der Waals surface area contributed by atoms with Crippen LogP contribution in [0.15, 0.2) is 48.5 Å². The Labute approximate surface area is 234 Å². The third kappa shape index (κ3) is 7.29. The van der Waals surface area contributed by atoms with Crippen molar-refractivity contribution >= 4 is 40.8 Å². The quantitative estimate of drug-likeness (QED) is 0.164. The molecule has 212 valence electrons. The highest BCUT2D eigenvalue weighted by atomic mass is 32.1. The normalized spacial score (nSPS) is 12.4. The SMILES string of the molecule is CC(C)(C)OC(=O)NCCCCC(NC(=O)c1ccccc1OC(F)F)c1nc2c3ccccc3[nH]c(=S)n2n1. The van der Waals surface area contributed by atoms with E-state index >= 15 is 0 Å². The van der Waals surface area contributed by atoms with Crippen LogP contribution in [0.25, 0.3) is 16.6 Å². The minimum atomic E-state index is -3.09. The Morgan fingerprint density at radius 2 is 1.82 bits per heavy atom. The van der Waals surface area contributed by atoms with Gasteiger partial charge in [0.05, 0.1) is 17.1 Å². The number of unbranched alkanes of at least 4 members (excludes halogenated alkanes) is 1. The first-order chi connectivity index (χ1) is 19.0. The van der Waals surface area contributed by atoms with E-state index in [9.17, 15) is 18.4 Å². The molecule has 2 aromatic carbocycles. The highest BCUT2D eigenvalue weighted by Crippen LogP contribution is 2.25. The van der Waals surface area contributed by atoms with Crippen molar-refractivity contribution in [3.8, 4) is 5.75 Å². The van der Waals surface area contributed by atoms with Gasteiger partial charge in [0.25, 0.3) is 5.91 Å². The molecular weight excluding hydrogens is 542 g/mol. The summed E-state index contributed by atoms with van der Waals surface area (Å²) in [4.78, 5) is 33.0. The summed E-state index contributed by atoms with van der Waals surface area (Å²) < 4.78 is 37.5. The second kappa shape index (κ2) is 12.4. The van der Waals surface area contributed by atoms with Gasteiger partial charge in [0, 0.05) is 11.9 Å². The van der Waals surface area contributed by atoms with Crippen LogP contribution in [0, 0.1) is 4.77 Å². The summed E-state index contributed by atoms with van der Waals surface area (Å²) in [5.41, 5.74) is 0.641. The zero-order valence-corrected chi connectivity index (χ0v) is 23.1. The van der Waals surface area contributed by atoms with E-state index in [1.54, 1.807) is 26.8 Å². The van der Waals surface area contributed by atoms with E-state index in [0.29, 0.717) is 42.0 Å². The smallest absolute Gasteiger partial charge is 0.407 e. The van der Waals surface area contributed by atoms with Crippen LogP contribution in [-0.2, 0) is 4.74 Å². The van der Waals surface area contributed by atoms with E-state index < -0.39 is 30.3 Å². The first kappa shape index (κ1) is 28.9. The van der Waals surface area contributed by atoms with Gasteiger partial charge in [0.2, 0.25) is 4.77 Å². The van der Waals surface area contributed by atoms with E-state index in [2.05, 4.69) is 25.5 Å². The Morgan fingerprint density at radius 3 is 2.58 bits per heavy atom. The largest absolute Gasteiger partial charge is 0.444 e. The van der Waals surface area contributed by atoms with Gasteiger partial charge in [0.1, 0.15) is 11.4 Å². The van der Waals surface area contributed by atoms with Crippen LogP contribution in [0.4, 0.5) is 13.6 Å². The maximum absolute atomic E-state index is 13.2. The molecule has 1 atom stereocenters. The van der Waals surface area contributed by atoms with Crippen molar-refractivity contribution in [1.82, 2.24) is 30.2 Å². The van der Waals surface area contributed by atoms with E-state index in [0.717, 1.165) is 10.9 Å². The summed E-state index contributed by atoms with van der Waals surface area (Å²) in [7, 11) is 0.